The topological polar surface area (TPSA) is 58.2 Å². The van der Waals surface area contributed by atoms with E-state index in [2.05, 4.69) is 10.6 Å². The summed E-state index contributed by atoms with van der Waals surface area (Å²) >= 11 is 7.02. The van der Waals surface area contributed by atoms with Gasteiger partial charge in [-0.15, -0.1) is 11.8 Å². The van der Waals surface area contributed by atoms with Gasteiger partial charge in [0.25, 0.3) is 0 Å². The van der Waals surface area contributed by atoms with Gasteiger partial charge >= 0.3 is 6.18 Å². The van der Waals surface area contributed by atoms with Crippen molar-refractivity contribution in [3.8, 4) is 0 Å². The van der Waals surface area contributed by atoms with E-state index in [1.54, 1.807) is 25.1 Å². The van der Waals surface area contributed by atoms with Gasteiger partial charge in [-0.25, -0.2) is 0 Å². The van der Waals surface area contributed by atoms with Gasteiger partial charge < -0.3 is 10.6 Å². The van der Waals surface area contributed by atoms with E-state index >= 15 is 0 Å². The highest BCUT2D eigenvalue weighted by atomic mass is 35.5. The number of alkyl halides is 3. The van der Waals surface area contributed by atoms with Crippen LogP contribution in [0.4, 0.5) is 18.9 Å². The van der Waals surface area contributed by atoms with E-state index < -0.39 is 22.9 Å². The Balaban J connectivity index is 1.65. The van der Waals surface area contributed by atoms with Gasteiger partial charge in [0, 0.05) is 16.3 Å². The second kappa shape index (κ2) is 8.05. The molecule has 0 aromatic heterocycles. The van der Waals surface area contributed by atoms with Gasteiger partial charge in [0.2, 0.25) is 11.8 Å². The normalized spacial score (nSPS) is 17.5. The van der Waals surface area contributed by atoms with Crippen LogP contribution < -0.4 is 10.6 Å². The number of fused-ring (bicyclic) bond motifs is 1. The number of rotatable bonds is 4. The quantitative estimate of drug-likeness (QED) is 0.717. The first-order valence-electron chi connectivity index (χ1n) is 8.37. The van der Waals surface area contributed by atoms with E-state index in [-0.39, 0.29) is 24.1 Å². The highest BCUT2D eigenvalue weighted by Crippen LogP contribution is 2.40. The molecule has 3 rings (SSSR count). The molecule has 1 aliphatic rings. The molecule has 2 aromatic rings. The minimum absolute atomic E-state index is 0.0954. The standard InChI is InChI=1S/C19H16ClF3N2O2S/c1-10(11-3-2-4-13(20)7-11)24-17(26)9-16-18(27)25-14-8-12(19(21,22)23)5-6-15(14)28-16/h2-8,10,16H,9H2,1H3,(H,24,26)(H,25,27). The maximum atomic E-state index is 12.8. The van der Waals surface area contributed by atoms with Crippen LogP contribution >= 0.6 is 23.4 Å². The summed E-state index contributed by atoms with van der Waals surface area (Å²) in [6.07, 6.45) is -4.58. The van der Waals surface area contributed by atoms with Crippen molar-refractivity contribution in [3.63, 3.8) is 0 Å². The second-order valence-electron chi connectivity index (χ2n) is 6.35. The highest BCUT2D eigenvalue weighted by molar-refractivity contribution is 8.01. The smallest absolute Gasteiger partial charge is 0.350 e. The van der Waals surface area contributed by atoms with Crippen LogP contribution in [0.25, 0.3) is 0 Å². The average Bonchev–Trinajstić information content (AvgIpc) is 2.61. The number of halogens is 4. The molecule has 0 saturated heterocycles. The van der Waals surface area contributed by atoms with Crippen molar-refractivity contribution >= 4 is 40.9 Å². The number of amides is 2. The molecule has 4 nitrogen and oxygen atoms in total. The van der Waals surface area contributed by atoms with Crippen LogP contribution in [0.2, 0.25) is 5.02 Å². The Kier molecular flexibility index (Phi) is 5.90. The molecule has 1 heterocycles. The van der Waals surface area contributed by atoms with E-state index in [0.717, 1.165) is 29.5 Å². The van der Waals surface area contributed by atoms with Gasteiger partial charge in [0.1, 0.15) is 0 Å². The van der Waals surface area contributed by atoms with E-state index in [4.69, 9.17) is 11.6 Å². The summed E-state index contributed by atoms with van der Waals surface area (Å²) in [6.45, 7) is 1.80. The summed E-state index contributed by atoms with van der Waals surface area (Å²) in [5.41, 5.74) is 0.0964. The predicted molar refractivity (Wildman–Crippen MR) is 102 cm³/mol. The third kappa shape index (κ3) is 4.80. The molecule has 0 spiro atoms. The Morgan fingerprint density at radius 1 is 1.29 bits per heavy atom. The van der Waals surface area contributed by atoms with Gasteiger partial charge in [0.15, 0.2) is 0 Å². The first-order chi connectivity index (χ1) is 13.1. The minimum Gasteiger partial charge on any atom is -0.350 e. The third-order valence-electron chi connectivity index (χ3n) is 4.22. The number of hydrogen-bond acceptors (Lipinski definition) is 3. The van der Waals surface area contributed by atoms with Crippen molar-refractivity contribution in [2.75, 3.05) is 5.32 Å². The van der Waals surface area contributed by atoms with Crippen LogP contribution in [-0.4, -0.2) is 17.1 Å². The zero-order chi connectivity index (χ0) is 20.5. The van der Waals surface area contributed by atoms with Crippen LogP contribution in [0.1, 0.15) is 30.5 Å². The monoisotopic (exact) mass is 428 g/mol. The van der Waals surface area contributed by atoms with Crippen LogP contribution in [0.3, 0.4) is 0 Å². The molecular weight excluding hydrogens is 413 g/mol. The maximum absolute atomic E-state index is 12.8. The van der Waals surface area contributed by atoms with Gasteiger partial charge in [-0.1, -0.05) is 23.7 Å². The van der Waals surface area contributed by atoms with E-state index in [0.29, 0.717) is 9.92 Å². The fraction of sp³-hybridized carbons (Fsp3) is 0.263. The van der Waals surface area contributed by atoms with Crippen molar-refractivity contribution in [1.29, 1.82) is 0 Å². The Bertz CT molecular complexity index is 920. The Morgan fingerprint density at radius 3 is 2.71 bits per heavy atom. The molecule has 2 unspecified atom stereocenters. The number of carbonyl (C=O) groups excluding carboxylic acids is 2. The zero-order valence-electron chi connectivity index (χ0n) is 14.6. The van der Waals surface area contributed by atoms with Gasteiger partial charge in [-0.05, 0) is 42.8 Å². The predicted octanol–water partition coefficient (Wildman–Crippen LogP) is 5.04. The molecule has 2 N–H and O–H groups in total. The molecule has 2 amide bonds. The molecule has 28 heavy (non-hydrogen) atoms. The lowest BCUT2D eigenvalue weighted by molar-refractivity contribution is -0.137. The van der Waals surface area contributed by atoms with Crippen molar-refractivity contribution in [2.45, 2.75) is 35.7 Å². The molecule has 148 valence electrons. The van der Waals surface area contributed by atoms with Gasteiger partial charge in [-0.2, -0.15) is 13.2 Å². The molecule has 0 aliphatic carbocycles. The summed E-state index contributed by atoms with van der Waals surface area (Å²) in [4.78, 5) is 25.1. The largest absolute Gasteiger partial charge is 0.416 e. The maximum Gasteiger partial charge on any atom is 0.416 e. The molecular formula is C19H16ClF3N2O2S. The summed E-state index contributed by atoms with van der Waals surface area (Å²) in [6, 6.07) is 9.93. The van der Waals surface area contributed by atoms with Crippen LogP contribution in [0.5, 0.6) is 0 Å². The van der Waals surface area contributed by atoms with Crippen molar-refractivity contribution in [2.24, 2.45) is 0 Å². The van der Waals surface area contributed by atoms with Crippen LogP contribution in [0.15, 0.2) is 47.4 Å². The average molecular weight is 429 g/mol. The van der Waals surface area contributed by atoms with E-state index in [1.165, 1.54) is 6.07 Å². The van der Waals surface area contributed by atoms with E-state index in [9.17, 15) is 22.8 Å². The van der Waals surface area contributed by atoms with Crippen LogP contribution in [-0.2, 0) is 15.8 Å². The molecule has 1 aliphatic heterocycles. The molecule has 2 atom stereocenters. The van der Waals surface area contributed by atoms with E-state index in [1.807, 2.05) is 6.07 Å². The molecule has 2 aromatic carbocycles. The number of hydrogen-bond donors (Lipinski definition) is 2. The number of thioether (sulfide) groups is 1. The van der Waals surface area contributed by atoms with Crippen molar-refractivity contribution in [3.05, 3.63) is 58.6 Å². The zero-order valence-corrected chi connectivity index (χ0v) is 16.2. The lowest BCUT2D eigenvalue weighted by Crippen LogP contribution is -2.35. The summed E-state index contributed by atoms with van der Waals surface area (Å²) in [5.74, 6) is -0.835. The first-order valence-corrected chi connectivity index (χ1v) is 9.63. The summed E-state index contributed by atoms with van der Waals surface area (Å²) < 4.78 is 38.4. The Morgan fingerprint density at radius 2 is 2.04 bits per heavy atom. The molecule has 0 fully saturated rings. The number of anilines is 1. The van der Waals surface area contributed by atoms with Gasteiger partial charge in [0.05, 0.1) is 22.5 Å². The lowest BCUT2D eigenvalue weighted by Gasteiger charge is -2.25. The summed E-state index contributed by atoms with van der Waals surface area (Å²) in [5, 5.41) is 5.09. The number of nitrogens with one attached hydrogen (secondary N) is 2. The SMILES string of the molecule is CC(NC(=O)CC1Sc2ccc(C(F)(F)F)cc2NC1=O)c1cccc(Cl)c1. The van der Waals surface area contributed by atoms with Gasteiger partial charge in [-0.3, -0.25) is 9.59 Å². The summed E-state index contributed by atoms with van der Waals surface area (Å²) in [7, 11) is 0. The fourth-order valence-electron chi connectivity index (χ4n) is 2.79. The second-order valence-corrected chi connectivity index (χ2v) is 8.03. The lowest BCUT2D eigenvalue weighted by atomic mass is 10.1. The van der Waals surface area contributed by atoms with Crippen molar-refractivity contribution in [1.82, 2.24) is 5.32 Å². The van der Waals surface area contributed by atoms with Crippen molar-refractivity contribution < 1.29 is 22.8 Å². The number of benzene rings is 2. The minimum atomic E-state index is -4.49. The third-order valence-corrected chi connectivity index (χ3v) is 5.73. The molecule has 0 radical (unpaired) electrons. The first kappa shape index (κ1) is 20.5. The highest BCUT2D eigenvalue weighted by Gasteiger charge is 2.34. The Labute approximate surface area is 168 Å². The molecule has 9 heteroatoms. The fourth-order valence-corrected chi connectivity index (χ4v) is 4.08. The van der Waals surface area contributed by atoms with Crippen LogP contribution in [0, 0.1) is 0 Å². The number of carbonyl (C=O) groups is 2. The molecule has 0 bridgehead atoms. The molecule has 0 saturated carbocycles. The Hall–Kier alpha value is -2.19.